The second-order valence-electron chi connectivity index (χ2n) is 1.98. The van der Waals surface area contributed by atoms with Crippen molar-refractivity contribution in [3.05, 3.63) is 18.9 Å². The van der Waals surface area contributed by atoms with Crippen LogP contribution in [-0.4, -0.2) is 19.5 Å². The summed E-state index contributed by atoms with van der Waals surface area (Å²) in [4.78, 5) is 11.7. The van der Waals surface area contributed by atoms with Gasteiger partial charge in [0.2, 0.25) is 0 Å². The van der Waals surface area contributed by atoms with Crippen molar-refractivity contribution in [3.63, 3.8) is 0 Å². The average Bonchev–Trinajstić information content (AvgIpc) is 2.47. The van der Waals surface area contributed by atoms with Crippen molar-refractivity contribution in [1.29, 1.82) is 0 Å². The molecule has 0 aromatic carbocycles. The Morgan fingerprint density at radius 1 is 1.45 bits per heavy atom. The number of fused-ring (bicyclic) bond motifs is 1. The monoisotopic (exact) mass is 144 g/mol. The fourth-order valence-corrected chi connectivity index (χ4v) is 0.863. The van der Waals surface area contributed by atoms with E-state index in [1.165, 1.54) is 10.9 Å². The van der Waals surface area contributed by atoms with E-state index in [1.807, 2.05) is 0 Å². The molecular formula is C7H4N4. The maximum Gasteiger partial charge on any atom is 0.181 e. The lowest BCUT2D eigenvalue weighted by atomic mass is 10.5. The van der Waals surface area contributed by atoms with E-state index in [2.05, 4.69) is 21.0 Å². The van der Waals surface area contributed by atoms with Gasteiger partial charge in [0.1, 0.15) is 18.2 Å². The van der Waals surface area contributed by atoms with E-state index in [-0.39, 0.29) is 0 Å². The average molecular weight is 144 g/mol. The lowest BCUT2D eigenvalue weighted by molar-refractivity contribution is 1.14. The molecule has 0 aliphatic carbocycles. The number of rotatable bonds is 0. The first-order valence-corrected chi connectivity index (χ1v) is 3.01. The van der Waals surface area contributed by atoms with E-state index in [1.54, 1.807) is 12.5 Å². The Morgan fingerprint density at radius 2 is 2.36 bits per heavy atom. The van der Waals surface area contributed by atoms with E-state index in [9.17, 15) is 0 Å². The number of aromatic nitrogens is 4. The molecule has 2 rings (SSSR count). The van der Waals surface area contributed by atoms with Crippen LogP contribution in [0, 0.1) is 12.5 Å². The van der Waals surface area contributed by atoms with Crippen LogP contribution in [0.2, 0.25) is 0 Å². The molecular weight excluding hydrogens is 140 g/mol. The topological polar surface area (TPSA) is 43.6 Å². The van der Waals surface area contributed by atoms with E-state index in [0.717, 1.165) is 5.52 Å². The molecule has 0 atom stereocenters. The number of imidazole rings is 1. The van der Waals surface area contributed by atoms with Crippen molar-refractivity contribution in [1.82, 2.24) is 19.5 Å². The summed E-state index contributed by atoms with van der Waals surface area (Å²) in [7, 11) is 0. The van der Waals surface area contributed by atoms with Gasteiger partial charge in [-0.15, -0.1) is 0 Å². The van der Waals surface area contributed by atoms with Crippen LogP contribution in [0.15, 0.2) is 18.9 Å². The summed E-state index contributed by atoms with van der Waals surface area (Å²) in [5, 5.41) is 0. The lowest BCUT2D eigenvalue weighted by Crippen LogP contribution is -1.85. The normalized spacial score (nSPS) is 9.73. The van der Waals surface area contributed by atoms with Crippen LogP contribution in [-0.2, 0) is 0 Å². The summed E-state index contributed by atoms with van der Waals surface area (Å²) in [6.45, 7) is 0. The van der Waals surface area contributed by atoms with Crippen molar-refractivity contribution in [2.24, 2.45) is 0 Å². The van der Waals surface area contributed by atoms with Gasteiger partial charge < -0.3 is 0 Å². The highest BCUT2D eigenvalue weighted by molar-refractivity contribution is 5.70. The first-order valence-electron chi connectivity index (χ1n) is 3.01. The Kier molecular flexibility index (Phi) is 1.10. The van der Waals surface area contributed by atoms with Gasteiger partial charge in [-0.3, -0.25) is 4.57 Å². The Hall–Kier alpha value is -1.89. The van der Waals surface area contributed by atoms with Gasteiger partial charge in [0.15, 0.2) is 5.65 Å². The quantitative estimate of drug-likeness (QED) is 0.498. The van der Waals surface area contributed by atoms with Crippen LogP contribution < -0.4 is 0 Å². The molecule has 4 heteroatoms. The molecule has 0 radical (unpaired) electrons. The second kappa shape index (κ2) is 2.06. The van der Waals surface area contributed by atoms with Gasteiger partial charge in [-0.25, -0.2) is 15.0 Å². The predicted octanol–water partition coefficient (Wildman–Crippen LogP) is 0.265. The first-order chi connectivity index (χ1) is 5.42. The van der Waals surface area contributed by atoms with Crippen molar-refractivity contribution >= 4 is 11.2 Å². The number of nitrogens with zero attached hydrogens (tertiary/aromatic N) is 4. The zero-order valence-electron chi connectivity index (χ0n) is 5.60. The zero-order valence-corrected chi connectivity index (χ0v) is 5.60. The molecule has 0 N–H and O–H groups in total. The molecule has 0 spiro atoms. The number of hydrogen-bond acceptors (Lipinski definition) is 3. The lowest BCUT2D eigenvalue weighted by Gasteiger charge is -1.87. The molecule has 0 saturated carbocycles. The highest BCUT2D eigenvalue weighted by Crippen LogP contribution is 2.04. The fraction of sp³-hybridized carbons (Fsp3) is 0. The summed E-state index contributed by atoms with van der Waals surface area (Å²) >= 11 is 0. The van der Waals surface area contributed by atoms with E-state index >= 15 is 0 Å². The fourth-order valence-electron chi connectivity index (χ4n) is 0.863. The van der Waals surface area contributed by atoms with E-state index in [4.69, 9.17) is 6.42 Å². The standard InChI is InChI=1S/C7H4N4/c1-2-11-5-10-7-6(11)3-8-4-9-7/h1,3-5H. The Morgan fingerprint density at radius 3 is 3.18 bits per heavy atom. The van der Waals surface area contributed by atoms with Gasteiger partial charge in [-0.2, -0.15) is 0 Å². The SMILES string of the molecule is C#Cn1cnc2ncncc21. The van der Waals surface area contributed by atoms with Gasteiger partial charge in [-0.1, -0.05) is 6.42 Å². The largest absolute Gasteiger partial charge is 0.254 e. The summed E-state index contributed by atoms with van der Waals surface area (Å²) in [5.74, 6) is 0. The molecule has 2 heterocycles. The molecule has 0 amide bonds. The third-order valence-corrected chi connectivity index (χ3v) is 1.37. The third kappa shape index (κ3) is 0.749. The molecule has 0 aliphatic heterocycles. The Balaban J connectivity index is 2.89. The molecule has 52 valence electrons. The maximum atomic E-state index is 5.18. The number of terminal acetylenes is 1. The molecule has 11 heavy (non-hydrogen) atoms. The minimum absolute atomic E-state index is 0.623. The van der Waals surface area contributed by atoms with E-state index in [0.29, 0.717) is 5.65 Å². The van der Waals surface area contributed by atoms with Crippen LogP contribution in [0.4, 0.5) is 0 Å². The number of hydrogen-bond donors (Lipinski definition) is 0. The summed E-state index contributed by atoms with van der Waals surface area (Å²) in [6.07, 6.45) is 9.79. The van der Waals surface area contributed by atoms with Crippen molar-refractivity contribution in [3.8, 4) is 12.5 Å². The van der Waals surface area contributed by atoms with E-state index < -0.39 is 0 Å². The van der Waals surface area contributed by atoms with Crippen LogP contribution in [0.1, 0.15) is 0 Å². The van der Waals surface area contributed by atoms with Crippen LogP contribution in [0.3, 0.4) is 0 Å². The third-order valence-electron chi connectivity index (χ3n) is 1.37. The molecule has 2 aromatic heterocycles. The van der Waals surface area contributed by atoms with Crippen LogP contribution in [0.25, 0.3) is 11.2 Å². The van der Waals surface area contributed by atoms with Gasteiger partial charge in [0.05, 0.1) is 6.20 Å². The van der Waals surface area contributed by atoms with Gasteiger partial charge in [0, 0.05) is 6.04 Å². The smallest absolute Gasteiger partial charge is 0.181 e. The highest BCUT2D eigenvalue weighted by Gasteiger charge is 1.98. The second-order valence-corrected chi connectivity index (χ2v) is 1.98. The molecule has 0 bridgehead atoms. The van der Waals surface area contributed by atoms with Crippen LogP contribution in [0.5, 0.6) is 0 Å². The molecule has 4 nitrogen and oxygen atoms in total. The van der Waals surface area contributed by atoms with Gasteiger partial charge >= 0.3 is 0 Å². The highest BCUT2D eigenvalue weighted by atomic mass is 15.1. The molecule has 2 aromatic rings. The first kappa shape index (κ1) is 5.86. The summed E-state index contributed by atoms with van der Waals surface area (Å²) < 4.78 is 1.54. The predicted molar refractivity (Wildman–Crippen MR) is 39.6 cm³/mol. The van der Waals surface area contributed by atoms with Crippen molar-refractivity contribution < 1.29 is 0 Å². The molecule has 0 fully saturated rings. The summed E-state index contributed by atoms with van der Waals surface area (Å²) in [5.41, 5.74) is 1.38. The molecule has 0 unspecified atom stereocenters. The zero-order chi connectivity index (χ0) is 7.68. The van der Waals surface area contributed by atoms with Crippen molar-refractivity contribution in [2.75, 3.05) is 0 Å². The minimum atomic E-state index is 0.623. The van der Waals surface area contributed by atoms with Gasteiger partial charge in [0.25, 0.3) is 0 Å². The minimum Gasteiger partial charge on any atom is -0.254 e. The molecule has 0 aliphatic rings. The summed E-state index contributed by atoms with van der Waals surface area (Å²) in [6, 6.07) is 2.42. The van der Waals surface area contributed by atoms with Crippen molar-refractivity contribution in [2.45, 2.75) is 0 Å². The molecule has 0 saturated heterocycles. The Labute approximate surface area is 62.9 Å². The Bertz CT molecular complexity index is 423. The van der Waals surface area contributed by atoms with Gasteiger partial charge in [-0.05, 0) is 0 Å². The van der Waals surface area contributed by atoms with Crippen LogP contribution >= 0.6 is 0 Å². The maximum absolute atomic E-state index is 5.18.